The summed E-state index contributed by atoms with van der Waals surface area (Å²) in [6.07, 6.45) is 6.86. The first-order valence-electron chi connectivity index (χ1n) is 12.5. The van der Waals surface area contributed by atoms with E-state index >= 15 is 0 Å². The first kappa shape index (κ1) is 24.3. The highest BCUT2D eigenvalue weighted by Crippen LogP contribution is 2.28. The molecule has 0 radical (unpaired) electrons. The van der Waals surface area contributed by atoms with Crippen molar-refractivity contribution >= 4 is 11.9 Å². The molecule has 1 saturated carbocycles. The Kier molecular flexibility index (Phi) is 10.4. The maximum Gasteiger partial charge on any atom is 0.225 e. The molecule has 0 bridgehead atoms. The highest BCUT2D eigenvalue weighted by molar-refractivity contribution is 5.80. The lowest BCUT2D eigenvalue weighted by atomic mass is 9.84. The number of guanidine groups is 1. The molecule has 1 amide bonds. The van der Waals surface area contributed by atoms with Crippen LogP contribution in [0.5, 0.6) is 0 Å². The van der Waals surface area contributed by atoms with Gasteiger partial charge >= 0.3 is 0 Å². The number of methoxy groups -OCH3 is 1. The zero-order valence-electron chi connectivity index (χ0n) is 19.8. The van der Waals surface area contributed by atoms with Crippen LogP contribution in [0.4, 0.5) is 0 Å². The van der Waals surface area contributed by atoms with Crippen LogP contribution in [-0.2, 0) is 9.53 Å². The van der Waals surface area contributed by atoms with Gasteiger partial charge in [0, 0.05) is 84.6 Å². The number of hydrogen-bond acceptors (Lipinski definition) is 5. The van der Waals surface area contributed by atoms with Gasteiger partial charge in [-0.15, -0.1) is 0 Å². The van der Waals surface area contributed by atoms with Crippen molar-refractivity contribution in [3.8, 4) is 0 Å². The van der Waals surface area contributed by atoms with Crippen molar-refractivity contribution in [1.29, 1.82) is 0 Å². The Labute approximate surface area is 188 Å². The molecule has 0 spiro atoms. The second-order valence-electron chi connectivity index (χ2n) is 9.16. The van der Waals surface area contributed by atoms with E-state index in [1.54, 1.807) is 7.11 Å². The van der Waals surface area contributed by atoms with Crippen molar-refractivity contribution in [2.24, 2.45) is 10.9 Å². The third-order valence-electron chi connectivity index (χ3n) is 6.92. The third kappa shape index (κ3) is 7.91. The molecule has 3 rings (SSSR count). The van der Waals surface area contributed by atoms with Gasteiger partial charge in [0.2, 0.25) is 5.91 Å². The number of aliphatic imine (C=N–C) groups is 1. The third-order valence-corrected chi connectivity index (χ3v) is 6.92. The number of rotatable bonds is 10. The largest absolute Gasteiger partial charge is 0.385 e. The zero-order chi connectivity index (χ0) is 21.9. The van der Waals surface area contributed by atoms with E-state index in [4.69, 9.17) is 9.73 Å². The number of piperidine rings is 1. The monoisotopic (exact) mass is 436 g/mol. The van der Waals surface area contributed by atoms with E-state index in [9.17, 15) is 4.79 Å². The van der Waals surface area contributed by atoms with Crippen LogP contribution in [0.3, 0.4) is 0 Å². The van der Waals surface area contributed by atoms with E-state index in [0.29, 0.717) is 17.9 Å². The first-order valence-corrected chi connectivity index (χ1v) is 12.5. The van der Waals surface area contributed by atoms with E-state index in [-0.39, 0.29) is 0 Å². The van der Waals surface area contributed by atoms with Gasteiger partial charge in [-0.25, -0.2) is 0 Å². The van der Waals surface area contributed by atoms with Crippen molar-refractivity contribution in [3.05, 3.63) is 0 Å². The topological polar surface area (TPSA) is 72.4 Å². The Morgan fingerprint density at radius 2 is 1.71 bits per heavy atom. The summed E-state index contributed by atoms with van der Waals surface area (Å²) in [4.78, 5) is 24.3. The smallest absolute Gasteiger partial charge is 0.225 e. The van der Waals surface area contributed by atoms with E-state index in [1.807, 2.05) is 0 Å². The molecule has 8 nitrogen and oxygen atoms in total. The van der Waals surface area contributed by atoms with Crippen LogP contribution in [0.15, 0.2) is 4.99 Å². The summed E-state index contributed by atoms with van der Waals surface area (Å²) in [7, 11) is 1.77. The van der Waals surface area contributed by atoms with Crippen LogP contribution >= 0.6 is 0 Å². The highest BCUT2D eigenvalue weighted by Gasteiger charge is 2.31. The summed E-state index contributed by atoms with van der Waals surface area (Å²) in [5, 5.41) is 7.05. The molecule has 0 aromatic carbocycles. The van der Waals surface area contributed by atoms with Gasteiger partial charge in [-0.1, -0.05) is 6.42 Å². The normalized spacial score (nSPS) is 22.4. The lowest BCUT2D eigenvalue weighted by Crippen LogP contribution is -2.51. The number of carbonyl (C=O) groups excluding carboxylic acids is 1. The molecular weight excluding hydrogens is 392 g/mol. The molecule has 3 fully saturated rings. The highest BCUT2D eigenvalue weighted by atomic mass is 16.5. The molecular formula is C23H44N6O2. The minimum Gasteiger partial charge on any atom is -0.385 e. The number of amides is 1. The summed E-state index contributed by atoms with van der Waals surface area (Å²) in [5.41, 5.74) is 0. The Balaban J connectivity index is 1.33. The van der Waals surface area contributed by atoms with Gasteiger partial charge in [0.1, 0.15) is 0 Å². The number of nitrogens with zero attached hydrogens (tertiary/aromatic N) is 4. The van der Waals surface area contributed by atoms with E-state index in [1.165, 1.54) is 6.42 Å². The molecule has 3 aliphatic rings. The summed E-state index contributed by atoms with van der Waals surface area (Å²) in [6, 6.07) is 0.498. The number of piperazine rings is 1. The molecule has 8 heteroatoms. The quantitative estimate of drug-likeness (QED) is 0.302. The summed E-state index contributed by atoms with van der Waals surface area (Å²) < 4.78 is 5.16. The van der Waals surface area contributed by atoms with Crippen molar-refractivity contribution in [2.45, 2.75) is 51.5 Å². The Bertz CT molecular complexity index is 552. The van der Waals surface area contributed by atoms with Crippen molar-refractivity contribution in [2.75, 3.05) is 79.2 Å². The Morgan fingerprint density at radius 1 is 1.00 bits per heavy atom. The second-order valence-corrected chi connectivity index (χ2v) is 9.16. The fourth-order valence-electron chi connectivity index (χ4n) is 4.66. The van der Waals surface area contributed by atoms with E-state index in [0.717, 1.165) is 110 Å². The number of carbonyl (C=O) groups is 1. The number of likely N-dealkylation sites (tertiary alicyclic amines) is 1. The van der Waals surface area contributed by atoms with Gasteiger partial charge in [0.25, 0.3) is 0 Å². The molecule has 0 atom stereocenters. The fourth-order valence-corrected chi connectivity index (χ4v) is 4.66. The molecule has 31 heavy (non-hydrogen) atoms. The van der Waals surface area contributed by atoms with Crippen molar-refractivity contribution in [3.63, 3.8) is 0 Å². The van der Waals surface area contributed by atoms with Crippen LogP contribution < -0.4 is 10.6 Å². The lowest BCUT2D eigenvalue weighted by molar-refractivity contribution is -0.139. The van der Waals surface area contributed by atoms with Gasteiger partial charge in [0.15, 0.2) is 5.96 Å². The summed E-state index contributed by atoms with van der Waals surface area (Å²) in [6.45, 7) is 12.7. The molecule has 0 aromatic heterocycles. The van der Waals surface area contributed by atoms with Gasteiger partial charge in [-0.05, 0) is 39.0 Å². The maximum atomic E-state index is 12.4. The molecule has 2 heterocycles. The average Bonchev–Trinajstić information content (AvgIpc) is 2.74. The summed E-state index contributed by atoms with van der Waals surface area (Å²) in [5.74, 6) is 1.66. The number of nitrogens with one attached hydrogen (secondary N) is 2. The van der Waals surface area contributed by atoms with Crippen molar-refractivity contribution in [1.82, 2.24) is 25.3 Å². The van der Waals surface area contributed by atoms with E-state index < -0.39 is 0 Å². The van der Waals surface area contributed by atoms with Crippen LogP contribution in [-0.4, -0.2) is 112 Å². The van der Waals surface area contributed by atoms with E-state index in [2.05, 4.69) is 32.3 Å². The molecule has 1 aliphatic carbocycles. The number of ether oxygens (including phenoxy) is 1. The maximum absolute atomic E-state index is 12.4. The van der Waals surface area contributed by atoms with Gasteiger partial charge in [-0.3, -0.25) is 14.7 Å². The molecule has 0 aromatic rings. The SMILES string of the molecule is CCNC(=NCCN1CCN(C(=O)C2CCC2)CC1)NC1CCN(CCCOC)CC1. The van der Waals surface area contributed by atoms with Crippen LogP contribution in [0.25, 0.3) is 0 Å². The molecule has 2 N–H and O–H groups in total. The Hall–Kier alpha value is -1.38. The van der Waals surface area contributed by atoms with Crippen LogP contribution in [0, 0.1) is 5.92 Å². The fraction of sp³-hybridized carbons (Fsp3) is 0.913. The van der Waals surface area contributed by atoms with Gasteiger partial charge in [0.05, 0.1) is 6.54 Å². The minimum atomic E-state index is 0.321. The zero-order valence-corrected chi connectivity index (χ0v) is 19.8. The standard InChI is InChI=1S/C23H44N6O2/c1-3-24-23(26-21-8-12-27(13-9-21)11-5-19-31-2)25-10-14-28-15-17-29(18-16-28)22(30)20-6-4-7-20/h20-21H,3-19H2,1-2H3,(H2,24,25,26). The number of hydrogen-bond donors (Lipinski definition) is 2. The predicted octanol–water partition coefficient (Wildman–Crippen LogP) is 0.987. The average molecular weight is 437 g/mol. The molecule has 0 unspecified atom stereocenters. The second kappa shape index (κ2) is 13.2. The van der Waals surface area contributed by atoms with Gasteiger partial charge < -0.3 is 25.2 Å². The van der Waals surface area contributed by atoms with Gasteiger partial charge in [-0.2, -0.15) is 0 Å². The first-order chi connectivity index (χ1) is 15.2. The van der Waals surface area contributed by atoms with Crippen LogP contribution in [0.2, 0.25) is 0 Å². The van der Waals surface area contributed by atoms with Crippen LogP contribution in [0.1, 0.15) is 45.4 Å². The molecule has 178 valence electrons. The summed E-state index contributed by atoms with van der Waals surface area (Å²) >= 11 is 0. The predicted molar refractivity (Wildman–Crippen MR) is 125 cm³/mol. The van der Waals surface area contributed by atoms with Crippen molar-refractivity contribution < 1.29 is 9.53 Å². The molecule has 2 aliphatic heterocycles. The Morgan fingerprint density at radius 3 is 2.32 bits per heavy atom. The lowest BCUT2D eigenvalue weighted by Gasteiger charge is -2.38. The minimum absolute atomic E-state index is 0.321. The molecule has 2 saturated heterocycles.